The molecule has 1 fully saturated rings. The molecular weight excluding hydrogens is 358 g/mol. The zero-order valence-electron chi connectivity index (χ0n) is 15.2. The second-order valence-electron chi connectivity index (χ2n) is 6.71. The van der Waals surface area contributed by atoms with E-state index in [0.29, 0.717) is 11.7 Å². The van der Waals surface area contributed by atoms with Gasteiger partial charge in [-0.1, -0.05) is 6.42 Å². The van der Waals surface area contributed by atoms with Crippen LogP contribution in [0.1, 0.15) is 42.4 Å². The fourth-order valence-electron chi connectivity index (χ4n) is 3.42. The topological polar surface area (TPSA) is 82.7 Å². The van der Waals surface area contributed by atoms with Crippen LogP contribution in [-0.2, 0) is 13.6 Å². The Morgan fingerprint density at radius 2 is 2.26 bits per heavy atom. The molecule has 1 saturated heterocycles. The summed E-state index contributed by atoms with van der Waals surface area (Å²) in [7, 11) is 1.95. The minimum Gasteiger partial charge on any atom is -0.330 e. The van der Waals surface area contributed by atoms with Gasteiger partial charge >= 0.3 is 0 Å². The molecule has 0 bridgehead atoms. The smallest absolute Gasteiger partial charge is 0.187 e. The largest absolute Gasteiger partial charge is 0.330 e. The zero-order valence-corrected chi connectivity index (χ0v) is 16.0. The number of nitrogens with zero attached hydrogens (tertiary/aromatic N) is 6. The average Bonchev–Trinajstić information content (AvgIpc) is 3.32. The van der Waals surface area contributed by atoms with Crippen LogP contribution >= 0.6 is 11.3 Å². The first-order valence-corrected chi connectivity index (χ1v) is 9.90. The van der Waals surface area contributed by atoms with Crippen LogP contribution in [0.25, 0.3) is 0 Å². The maximum absolute atomic E-state index is 8.84. The third kappa shape index (κ3) is 4.15. The first-order valence-electron chi connectivity index (χ1n) is 9.02. The molecule has 4 rings (SSSR count). The van der Waals surface area contributed by atoms with Gasteiger partial charge in [-0.15, -0.1) is 11.3 Å². The summed E-state index contributed by atoms with van der Waals surface area (Å²) in [5.41, 5.74) is 3.46. The molecular formula is C19H21N7S. The Morgan fingerprint density at radius 3 is 3.00 bits per heavy atom. The van der Waals surface area contributed by atoms with Crippen LogP contribution in [0.15, 0.2) is 36.0 Å². The van der Waals surface area contributed by atoms with Crippen LogP contribution in [0, 0.1) is 11.3 Å². The van der Waals surface area contributed by atoms with E-state index in [1.807, 2.05) is 30.1 Å². The van der Waals surface area contributed by atoms with Gasteiger partial charge in [0.05, 0.1) is 29.3 Å². The molecule has 4 heterocycles. The standard InChI is InChI=1S/C19H21N7S/c1-25-9-7-16(24-25)12-26-8-3-2-4-18(26)17-13-27-19(23-17)22-15-6-5-14(10-20)21-11-15/h5-7,9,11,13,18H,2-4,8,12H2,1H3,(H,22,23)/t18-/m0/s1. The summed E-state index contributed by atoms with van der Waals surface area (Å²) < 4.78 is 1.85. The highest BCUT2D eigenvalue weighted by atomic mass is 32.1. The second-order valence-corrected chi connectivity index (χ2v) is 7.57. The highest BCUT2D eigenvalue weighted by molar-refractivity contribution is 7.13. The monoisotopic (exact) mass is 379 g/mol. The highest BCUT2D eigenvalue weighted by Crippen LogP contribution is 2.34. The molecule has 1 aliphatic rings. The van der Waals surface area contributed by atoms with Gasteiger partial charge in [-0.3, -0.25) is 9.58 Å². The lowest BCUT2D eigenvalue weighted by Gasteiger charge is -2.34. The molecule has 7 nitrogen and oxygen atoms in total. The highest BCUT2D eigenvalue weighted by Gasteiger charge is 2.26. The van der Waals surface area contributed by atoms with Crippen LogP contribution < -0.4 is 5.32 Å². The van der Waals surface area contributed by atoms with Gasteiger partial charge in [0.1, 0.15) is 11.8 Å². The molecule has 1 atom stereocenters. The number of rotatable bonds is 5. The van der Waals surface area contributed by atoms with Gasteiger partial charge in [0.15, 0.2) is 5.13 Å². The van der Waals surface area contributed by atoms with Crippen molar-refractivity contribution in [2.24, 2.45) is 7.05 Å². The molecule has 3 aromatic heterocycles. The van der Waals surface area contributed by atoms with E-state index in [-0.39, 0.29) is 0 Å². The maximum Gasteiger partial charge on any atom is 0.187 e. The van der Waals surface area contributed by atoms with Gasteiger partial charge in [0, 0.05) is 25.2 Å². The number of nitrogens with one attached hydrogen (secondary N) is 1. The third-order valence-electron chi connectivity index (χ3n) is 4.74. The van der Waals surface area contributed by atoms with Gasteiger partial charge in [-0.2, -0.15) is 10.4 Å². The number of hydrogen-bond acceptors (Lipinski definition) is 7. The number of piperidine rings is 1. The molecule has 0 aliphatic carbocycles. The van der Waals surface area contributed by atoms with Crippen molar-refractivity contribution in [2.75, 3.05) is 11.9 Å². The molecule has 1 aliphatic heterocycles. The summed E-state index contributed by atoms with van der Waals surface area (Å²) in [4.78, 5) is 11.4. The van der Waals surface area contributed by atoms with E-state index in [9.17, 15) is 0 Å². The van der Waals surface area contributed by atoms with E-state index in [2.05, 4.69) is 31.7 Å². The summed E-state index contributed by atoms with van der Waals surface area (Å²) in [5.74, 6) is 0. The van der Waals surface area contributed by atoms with Crippen LogP contribution in [0.3, 0.4) is 0 Å². The molecule has 1 N–H and O–H groups in total. The molecule has 0 amide bonds. The van der Waals surface area contributed by atoms with Crippen LogP contribution in [0.5, 0.6) is 0 Å². The Hall–Kier alpha value is -2.76. The van der Waals surface area contributed by atoms with Crippen LogP contribution in [-0.4, -0.2) is 31.2 Å². The van der Waals surface area contributed by atoms with Crippen molar-refractivity contribution in [1.82, 2.24) is 24.6 Å². The molecule has 3 aromatic rings. The van der Waals surface area contributed by atoms with Gasteiger partial charge in [0.2, 0.25) is 0 Å². The molecule has 138 valence electrons. The van der Waals surface area contributed by atoms with Crippen molar-refractivity contribution in [2.45, 2.75) is 31.8 Å². The zero-order chi connectivity index (χ0) is 18.6. The fourth-order valence-corrected chi connectivity index (χ4v) is 4.20. The summed E-state index contributed by atoms with van der Waals surface area (Å²) in [6.07, 6.45) is 7.21. The quantitative estimate of drug-likeness (QED) is 0.729. The molecule has 27 heavy (non-hydrogen) atoms. The molecule has 8 heteroatoms. The van der Waals surface area contributed by atoms with E-state index in [4.69, 9.17) is 10.2 Å². The third-order valence-corrected chi connectivity index (χ3v) is 5.52. The number of nitriles is 1. The Bertz CT molecular complexity index is 938. The SMILES string of the molecule is Cn1ccc(CN2CCCC[C@H]2c2csc(Nc3ccc(C#N)nc3)n2)n1. The van der Waals surface area contributed by atoms with Crippen molar-refractivity contribution in [1.29, 1.82) is 5.26 Å². The van der Waals surface area contributed by atoms with E-state index < -0.39 is 0 Å². The van der Waals surface area contributed by atoms with Crippen LogP contribution in [0.2, 0.25) is 0 Å². The number of pyridine rings is 1. The normalized spacial score (nSPS) is 17.6. The molecule has 0 spiro atoms. The number of aromatic nitrogens is 4. The lowest BCUT2D eigenvalue weighted by Crippen LogP contribution is -2.33. The van der Waals surface area contributed by atoms with Crippen molar-refractivity contribution < 1.29 is 0 Å². The van der Waals surface area contributed by atoms with Gasteiger partial charge < -0.3 is 5.32 Å². The van der Waals surface area contributed by atoms with Gasteiger partial charge in [-0.25, -0.2) is 9.97 Å². The lowest BCUT2D eigenvalue weighted by molar-refractivity contribution is 0.136. The molecule has 0 unspecified atom stereocenters. The fraction of sp³-hybridized carbons (Fsp3) is 0.368. The molecule has 0 aromatic carbocycles. The van der Waals surface area contributed by atoms with E-state index in [1.54, 1.807) is 23.6 Å². The summed E-state index contributed by atoms with van der Waals surface area (Å²) >= 11 is 1.60. The second kappa shape index (κ2) is 7.86. The average molecular weight is 379 g/mol. The predicted octanol–water partition coefficient (Wildman–Crippen LogP) is 3.61. The van der Waals surface area contributed by atoms with E-state index in [0.717, 1.165) is 41.7 Å². The predicted molar refractivity (Wildman–Crippen MR) is 105 cm³/mol. The van der Waals surface area contributed by atoms with Gasteiger partial charge in [0.25, 0.3) is 0 Å². The van der Waals surface area contributed by atoms with Crippen molar-refractivity contribution in [3.63, 3.8) is 0 Å². The van der Waals surface area contributed by atoms with E-state index in [1.165, 1.54) is 12.8 Å². The minimum absolute atomic E-state index is 0.326. The first-order chi connectivity index (χ1) is 13.2. The van der Waals surface area contributed by atoms with Crippen molar-refractivity contribution in [3.8, 4) is 6.07 Å². The van der Waals surface area contributed by atoms with Gasteiger partial charge in [-0.05, 0) is 37.6 Å². The number of hydrogen-bond donors (Lipinski definition) is 1. The maximum atomic E-state index is 8.84. The Labute approximate surface area is 162 Å². The minimum atomic E-state index is 0.326. The van der Waals surface area contributed by atoms with Crippen molar-refractivity contribution >= 4 is 22.2 Å². The summed E-state index contributed by atoms with van der Waals surface area (Å²) in [6.45, 7) is 1.92. The Kier molecular flexibility index (Phi) is 5.14. The summed E-state index contributed by atoms with van der Waals surface area (Å²) in [6, 6.07) is 7.98. The number of thiazole rings is 1. The number of aryl methyl sites for hydroxylation is 1. The van der Waals surface area contributed by atoms with Crippen molar-refractivity contribution in [3.05, 3.63) is 53.1 Å². The number of anilines is 2. The molecule has 0 radical (unpaired) electrons. The first kappa shape index (κ1) is 17.6. The van der Waals surface area contributed by atoms with E-state index >= 15 is 0 Å². The van der Waals surface area contributed by atoms with Crippen LogP contribution in [0.4, 0.5) is 10.8 Å². The Morgan fingerprint density at radius 1 is 1.33 bits per heavy atom. The Balaban J connectivity index is 1.47. The molecule has 0 saturated carbocycles. The number of likely N-dealkylation sites (tertiary alicyclic amines) is 1. The lowest BCUT2D eigenvalue weighted by atomic mass is 10.00. The summed E-state index contributed by atoms with van der Waals surface area (Å²) in [5, 5.41) is 19.6.